The minimum absolute atomic E-state index is 0.873. The van der Waals surface area contributed by atoms with Gasteiger partial charge in [0.15, 0.2) is 5.58 Å². The molecule has 0 aliphatic rings. The average Bonchev–Trinajstić information content (AvgIpc) is 3.74. The molecule has 0 aliphatic heterocycles. The smallest absolute Gasteiger partial charge is 0.160 e. The van der Waals surface area contributed by atoms with E-state index in [0.717, 1.165) is 44.6 Å². The summed E-state index contributed by atoms with van der Waals surface area (Å²) in [5.41, 5.74) is 9.64. The van der Waals surface area contributed by atoms with E-state index in [1.54, 1.807) is 0 Å². The highest BCUT2D eigenvalue weighted by Gasteiger charge is 2.23. The molecule has 0 atom stereocenters. The Balaban J connectivity index is 1.19. The van der Waals surface area contributed by atoms with E-state index in [2.05, 4.69) is 175 Å². The third-order valence-electron chi connectivity index (χ3n) is 9.66. The molecule has 0 amide bonds. The zero-order chi connectivity index (χ0) is 32.3. The largest absolute Gasteiger partial charge is 0.454 e. The topological polar surface area (TPSA) is 16.4 Å². The van der Waals surface area contributed by atoms with Gasteiger partial charge in [0.05, 0.1) is 5.69 Å². The summed E-state index contributed by atoms with van der Waals surface area (Å²) in [5, 5.41) is 7.31. The van der Waals surface area contributed by atoms with Gasteiger partial charge in [0.2, 0.25) is 0 Å². The van der Waals surface area contributed by atoms with Gasteiger partial charge in [-0.05, 0) is 81.6 Å². The molecule has 49 heavy (non-hydrogen) atoms. The Morgan fingerprint density at radius 1 is 0.429 bits per heavy atom. The summed E-state index contributed by atoms with van der Waals surface area (Å²) in [7, 11) is 0. The normalized spacial score (nSPS) is 11.7. The second-order valence-corrected chi connectivity index (χ2v) is 13.6. The van der Waals surface area contributed by atoms with E-state index < -0.39 is 0 Å². The van der Waals surface area contributed by atoms with E-state index in [0.29, 0.717) is 0 Å². The van der Waals surface area contributed by atoms with Crippen molar-refractivity contribution in [1.82, 2.24) is 0 Å². The number of furan rings is 1. The van der Waals surface area contributed by atoms with Crippen molar-refractivity contribution in [3.8, 4) is 22.3 Å². The highest BCUT2D eigenvalue weighted by molar-refractivity contribution is 7.25. The van der Waals surface area contributed by atoms with Crippen molar-refractivity contribution in [3.05, 3.63) is 176 Å². The van der Waals surface area contributed by atoms with Crippen LogP contribution in [-0.2, 0) is 0 Å². The van der Waals surface area contributed by atoms with Crippen LogP contribution in [0.1, 0.15) is 0 Å². The van der Waals surface area contributed by atoms with Crippen LogP contribution in [0.2, 0.25) is 0 Å². The van der Waals surface area contributed by atoms with Crippen LogP contribution in [0.3, 0.4) is 0 Å². The van der Waals surface area contributed by atoms with Crippen molar-refractivity contribution in [2.75, 3.05) is 4.90 Å². The molecule has 0 fully saturated rings. The van der Waals surface area contributed by atoms with Gasteiger partial charge in [0.25, 0.3) is 0 Å². The summed E-state index contributed by atoms with van der Waals surface area (Å²) in [6.45, 7) is 0. The SMILES string of the molecule is c1ccc(-c2ccc(N(c3ccc(-c4ccc5ccccc5c4)cc3)c3ccc4c(c3)sc3ccccc34)c3oc4ccccc4c23)cc1. The molecule has 10 rings (SSSR count). The fourth-order valence-corrected chi connectivity index (χ4v) is 8.44. The van der Waals surface area contributed by atoms with Crippen molar-refractivity contribution in [2.24, 2.45) is 0 Å². The molecular formula is C46H29NOS. The van der Waals surface area contributed by atoms with Gasteiger partial charge in [-0.25, -0.2) is 0 Å². The Morgan fingerprint density at radius 3 is 2.00 bits per heavy atom. The summed E-state index contributed by atoms with van der Waals surface area (Å²) in [4.78, 5) is 2.35. The molecule has 230 valence electrons. The van der Waals surface area contributed by atoms with Crippen LogP contribution in [0.4, 0.5) is 17.1 Å². The highest BCUT2D eigenvalue weighted by Crippen LogP contribution is 2.47. The highest BCUT2D eigenvalue weighted by atomic mass is 32.1. The van der Waals surface area contributed by atoms with Crippen LogP contribution >= 0.6 is 11.3 Å². The van der Waals surface area contributed by atoms with Gasteiger partial charge in [-0.3, -0.25) is 0 Å². The summed E-state index contributed by atoms with van der Waals surface area (Å²) in [5.74, 6) is 0. The maximum Gasteiger partial charge on any atom is 0.160 e. The number of hydrogen-bond acceptors (Lipinski definition) is 3. The lowest BCUT2D eigenvalue weighted by atomic mass is 9.98. The Kier molecular flexibility index (Phi) is 6.39. The molecule has 3 heteroatoms. The fraction of sp³-hybridized carbons (Fsp3) is 0. The monoisotopic (exact) mass is 643 g/mol. The molecule has 0 N–H and O–H groups in total. The fourth-order valence-electron chi connectivity index (χ4n) is 7.30. The van der Waals surface area contributed by atoms with Gasteiger partial charge in [0.1, 0.15) is 5.58 Å². The minimum Gasteiger partial charge on any atom is -0.454 e. The maximum atomic E-state index is 6.80. The summed E-state index contributed by atoms with van der Waals surface area (Å²) in [6.07, 6.45) is 0. The third-order valence-corrected chi connectivity index (χ3v) is 10.8. The summed E-state index contributed by atoms with van der Waals surface area (Å²) < 4.78 is 9.36. The number of para-hydroxylation sites is 1. The second kappa shape index (κ2) is 11.2. The summed E-state index contributed by atoms with van der Waals surface area (Å²) in [6, 6.07) is 63.2. The number of hydrogen-bond donors (Lipinski definition) is 0. The van der Waals surface area contributed by atoms with E-state index in [1.165, 1.54) is 47.6 Å². The van der Waals surface area contributed by atoms with E-state index >= 15 is 0 Å². The van der Waals surface area contributed by atoms with Crippen molar-refractivity contribution in [3.63, 3.8) is 0 Å². The average molecular weight is 644 g/mol. The molecule has 2 heterocycles. The van der Waals surface area contributed by atoms with E-state index in [-0.39, 0.29) is 0 Å². The third kappa shape index (κ3) is 4.62. The molecule has 0 unspecified atom stereocenters. The Hall–Kier alpha value is -6.16. The Morgan fingerprint density at radius 2 is 1.12 bits per heavy atom. The van der Waals surface area contributed by atoms with Gasteiger partial charge in [-0.2, -0.15) is 0 Å². The molecule has 0 spiro atoms. The second-order valence-electron chi connectivity index (χ2n) is 12.5. The molecule has 0 radical (unpaired) electrons. The molecular weight excluding hydrogens is 615 g/mol. The summed E-state index contributed by atoms with van der Waals surface area (Å²) >= 11 is 1.84. The van der Waals surface area contributed by atoms with Gasteiger partial charge < -0.3 is 9.32 Å². The van der Waals surface area contributed by atoms with Crippen LogP contribution < -0.4 is 4.90 Å². The minimum atomic E-state index is 0.873. The van der Waals surface area contributed by atoms with E-state index in [1.807, 2.05) is 17.4 Å². The van der Waals surface area contributed by atoms with E-state index in [4.69, 9.17) is 4.42 Å². The van der Waals surface area contributed by atoms with Crippen molar-refractivity contribution in [1.29, 1.82) is 0 Å². The lowest BCUT2D eigenvalue weighted by molar-refractivity contribution is 0.669. The number of benzene rings is 8. The molecule has 10 aromatic rings. The Labute approximate surface area is 287 Å². The zero-order valence-electron chi connectivity index (χ0n) is 26.5. The quantitative estimate of drug-likeness (QED) is 0.186. The van der Waals surface area contributed by atoms with Crippen molar-refractivity contribution >= 4 is 81.3 Å². The number of nitrogens with zero attached hydrogens (tertiary/aromatic N) is 1. The first-order chi connectivity index (χ1) is 24.3. The molecule has 0 saturated carbocycles. The van der Waals surface area contributed by atoms with Gasteiger partial charge in [-0.15, -0.1) is 11.3 Å². The zero-order valence-corrected chi connectivity index (χ0v) is 27.3. The van der Waals surface area contributed by atoms with Crippen LogP contribution in [0.5, 0.6) is 0 Å². The molecule has 2 aromatic heterocycles. The molecule has 0 aliphatic carbocycles. The maximum absolute atomic E-state index is 6.80. The van der Waals surface area contributed by atoms with Crippen LogP contribution in [0, 0.1) is 0 Å². The first kappa shape index (κ1) is 27.9. The molecule has 8 aromatic carbocycles. The van der Waals surface area contributed by atoms with Crippen LogP contribution in [-0.4, -0.2) is 0 Å². The first-order valence-corrected chi connectivity index (χ1v) is 17.4. The van der Waals surface area contributed by atoms with Gasteiger partial charge in [0, 0.05) is 42.3 Å². The number of rotatable bonds is 5. The predicted octanol–water partition coefficient (Wildman–Crippen LogP) is 13.9. The number of thiophene rings is 1. The number of fused-ring (bicyclic) bond motifs is 7. The molecule has 2 nitrogen and oxygen atoms in total. The van der Waals surface area contributed by atoms with Crippen LogP contribution in [0.25, 0.3) is 75.1 Å². The lowest BCUT2D eigenvalue weighted by Crippen LogP contribution is -2.10. The Bertz CT molecular complexity index is 2830. The lowest BCUT2D eigenvalue weighted by Gasteiger charge is -2.26. The standard InChI is InChI=1S/C46H29NOS/c1-2-11-32(12-3-1)37-26-27-41(46-45(37)40-15-6-8-16-42(40)48-46)47(36-24-25-39-38-14-7-9-17-43(38)49-44(39)29-36)35-22-20-31(21-23-35)34-19-18-30-10-4-5-13-33(30)28-34/h1-29H. The van der Waals surface area contributed by atoms with Crippen molar-refractivity contribution in [2.45, 2.75) is 0 Å². The first-order valence-electron chi connectivity index (χ1n) is 16.6. The van der Waals surface area contributed by atoms with Crippen LogP contribution in [0.15, 0.2) is 180 Å². The van der Waals surface area contributed by atoms with Gasteiger partial charge in [-0.1, -0.05) is 127 Å². The van der Waals surface area contributed by atoms with Gasteiger partial charge >= 0.3 is 0 Å². The molecule has 0 saturated heterocycles. The number of anilines is 3. The van der Waals surface area contributed by atoms with Crippen molar-refractivity contribution < 1.29 is 4.42 Å². The molecule has 0 bridgehead atoms. The predicted molar refractivity (Wildman–Crippen MR) is 210 cm³/mol. The van der Waals surface area contributed by atoms with E-state index in [9.17, 15) is 0 Å².